The van der Waals surface area contributed by atoms with Gasteiger partial charge in [0.1, 0.15) is 0 Å². The molecule has 3 rings (SSSR count). The van der Waals surface area contributed by atoms with Crippen LogP contribution in [0.2, 0.25) is 0 Å². The molecule has 28 heavy (non-hydrogen) atoms. The Morgan fingerprint density at radius 3 is 2.36 bits per heavy atom. The Labute approximate surface area is 169 Å². The molecule has 1 saturated carbocycles. The van der Waals surface area contributed by atoms with Crippen LogP contribution in [-0.4, -0.2) is 44.3 Å². The van der Waals surface area contributed by atoms with Crippen LogP contribution < -0.4 is 10.6 Å². The van der Waals surface area contributed by atoms with E-state index in [1.807, 2.05) is 19.1 Å². The number of sulfonamides is 1. The number of hydrogen-bond acceptors (Lipinski definition) is 4. The number of amides is 1. The van der Waals surface area contributed by atoms with E-state index in [0.29, 0.717) is 23.7 Å². The number of carbonyl (C=O) groups is 1. The number of rotatable bonds is 6. The predicted molar refractivity (Wildman–Crippen MR) is 112 cm³/mol. The van der Waals surface area contributed by atoms with E-state index in [1.54, 1.807) is 10.4 Å². The number of benzene rings is 1. The van der Waals surface area contributed by atoms with Crippen molar-refractivity contribution in [3.63, 3.8) is 0 Å². The van der Waals surface area contributed by atoms with Crippen LogP contribution >= 0.6 is 0 Å². The van der Waals surface area contributed by atoms with Crippen molar-refractivity contribution in [2.75, 3.05) is 25.0 Å². The van der Waals surface area contributed by atoms with E-state index in [1.165, 1.54) is 25.7 Å². The molecule has 2 fully saturated rings. The normalized spacial score (nSPS) is 19.8. The van der Waals surface area contributed by atoms with Crippen molar-refractivity contribution in [1.82, 2.24) is 9.62 Å². The number of nitrogens with one attached hydrogen (secondary N) is 2. The van der Waals surface area contributed by atoms with Gasteiger partial charge >= 0.3 is 0 Å². The molecule has 1 heterocycles. The first kappa shape index (κ1) is 21.1. The van der Waals surface area contributed by atoms with Crippen LogP contribution in [0.5, 0.6) is 0 Å². The Morgan fingerprint density at radius 1 is 1.04 bits per heavy atom. The summed E-state index contributed by atoms with van der Waals surface area (Å²) >= 11 is 0. The van der Waals surface area contributed by atoms with Crippen molar-refractivity contribution >= 4 is 21.6 Å². The summed E-state index contributed by atoms with van der Waals surface area (Å²) in [4.78, 5) is 12.6. The molecule has 2 N–H and O–H groups in total. The highest BCUT2D eigenvalue weighted by Crippen LogP contribution is 2.26. The maximum Gasteiger partial charge on any atom is 0.243 e. The summed E-state index contributed by atoms with van der Waals surface area (Å²) in [7, 11) is -3.49. The molecule has 1 saturated heterocycles. The maximum absolute atomic E-state index is 13.0. The Bertz CT molecular complexity index is 765. The smallest absolute Gasteiger partial charge is 0.243 e. The van der Waals surface area contributed by atoms with E-state index < -0.39 is 10.0 Å². The third kappa shape index (κ3) is 5.47. The fourth-order valence-electron chi connectivity index (χ4n) is 4.12. The van der Waals surface area contributed by atoms with Crippen molar-refractivity contribution in [3.8, 4) is 0 Å². The van der Waals surface area contributed by atoms with E-state index in [-0.39, 0.29) is 18.5 Å². The Morgan fingerprint density at radius 2 is 1.68 bits per heavy atom. The molecule has 0 radical (unpaired) electrons. The highest BCUT2D eigenvalue weighted by molar-refractivity contribution is 7.89. The second-order valence-electron chi connectivity index (χ2n) is 8.05. The largest absolute Gasteiger partial charge is 0.376 e. The third-order valence-corrected chi connectivity index (χ3v) is 7.83. The molecule has 7 heteroatoms. The van der Waals surface area contributed by atoms with Crippen molar-refractivity contribution in [2.45, 2.75) is 75.6 Å². The number of anilines is 1. The molecular weight excluding hydrogens is 374 g/mol. The molecule has 0 spiro atoms. The Balaban J connectivity index is 1.62. The zero-order valence-corrected chi connectivity index (χ0v) is 17.7. The van der Waals surface area contributed by atoms with Gasteiger partial charge in [-0.15, -0.1) is 0 Å². The number of aryl methyl sites for hydroxylation is 1. The van der Waals surface area contributed by atoms with Gasteiger partial charge in [-0.05, 0) is 50.3 Å². The molecule has 0 bridgehead atoms. The van der Waals surface area contributed by atoms with Crippen molar-refractivity contribution < 1.29 is 13.2 Å². The van der Waals surface area contributed by atoms with Crippen LogP contribution in [0.15, 0.2) is 23.1 Å². The first-order valence-corrected chi connectivity index (χ1v) is 12.0. The lowest BCUT2D eigenvalue weighted by atomic mass is 10.1. The lowest BCUT2D eigenvalue weighted by molar-refractivity contribution is -0.120. The van der Waals surface area contributed by atoms with Gasteiger partial charge in [0, 0.05) is 24.8 Å². The maximum atomic E-state index is 13.0. The zero-order chi connectivity index (χ0) is 20.0. The molecule has 156 valence electrons. The van der Waals surface area contributed by atoms with Gasteiger partial charge < -0.3 is 10.6 Å². The molecule has 0 atom stereocenters. The summed E-state index contributed by atoms with van der Waals surface area (Å²) in [6, 6.07) is 5.58. The number of hydrogen-bond donors (Lipinski definition) is 2. The van der Waals surface area contributed by atoms with E-state index in [2.05, 4.69) is 10.6 Å². The molecule has 1 aliphatic carbocycles. The highest BCUT2D eigenvalue weighted by atomic mass is 32.2. The Hall–Kier alpha value is -1.60. The van der Waals surface area contributed by atoms with Crippen LogP contribution in [0, 0.1) is 6.92 Å². The van der Waals surface area contributed by atoms with Gasteiger partial charge in [-0.25, -0.2) is 8.42 Å². The highest BCUT2D eigenvalue weighted by Gasteiger charge is 2.27. The lowest BCUT2D eigenvalue weighted by Gasteiger charge is -2.26. The molecule has 1 aromatic rings. The fraction of sp³-hybridized carbons (Fsp3) is 0.667. The standard InChI is InChI=1S/C21H33N3O3S/c1-17-11-12-19(15-20(17)28(26,27)24-13-7-4-8-14-24)22-16-21(25)23-18-9-5-2-3-6-10-18/h11-12,15,18,22H,2-10,13-14,16H2,1H3,(H,23,25). The predicted octanol–water partition coefficient (Wildman–Crippen LogP) is 3.42. The summed E-state index contributed by atoms with van der Waals surface area (Å²) in [6.45, 7) is 3.15. The monoisotopic (exact) mass is 407 g/mol. The number of nitrogens with zero attached hydrogens (tertiary/aromatic N) is 1. The number of carbonyl (C=O) groups excluding carboxylic acids is 1. The molecular formula is C21H33N3O3S. The molecule has 2 aliphatic rings. The van der Waals surface area contributed by atoms with E-state index in [9.17, 15) is 13.2 Å². The average Bonchev–Trinajstić information content (AvgIpc) is 2.96. The van der Waals surface area contributed by atoms with Gasteiger partial charge in [0.2, 0.25) is 15.9 Å². The van der Waals surface area contributed by atoms with Crippen LogP contribution in [0.3, 0.4) is 0 Å². The minimum absolute atomic E-state index is 0.0343. The molecule has 6 nitrogen and oxygen atoms in total. The average molecular weight is 408 g/mol. The second kappa shape index (κ2) is 9.74. The van der Waals surface area contributed by atoms with Crippen LogP contribution in [0.4, 0.5) is 5.69 Å². The Kier molecular flexibility index (Phi) is 7.35. The molecule has 1 amide bonds. The van der Waals surface area contributed by atoms with Crippen LogP contribution in [0.25, 0.3) is 0 Å². The topological polar surface area (TPSA) is 78.5 Å². The van der Waals surface area contributed by atoms with Crippen LogP contribution in [0.1, 0.15) is 63.4 Å². The summed E-state index contributed by atoms with van der Waals surface area (Å²) in [5.41, 5.74) is 1.40. The van der Waals surface area contributed by atoms with E-state index >= 15 is 0 Å². The number of piperidine rings is 1. The first-order valence-electron chi connectivity index (χ1n) is 10.6. The van der Waals surface area contributed by atoms with Gasteiger partial charge in [-0.3, -0.25) is 4.79 Å². The SMILES string of the molecule is Cc1ccc(NCC(=O)NC2CCCCCC2)cc1S(=O)(=O)N1CCCCC1. The third-order valence-electron chi connectivity index (χ3n) is 5.79. The summed E-state index contributed by atoms with van der Waals surface area (Å²) in [5, 5.41) is 6.21. The van der Waals surface area contributed by atoms with Crippen molar-refractivity contribution in [2.24, 2.45) is 0 Å². The zero-order valence-electron chi connectivity index (χ0n) is 16.9. The summed E-state index contributed by atoms with van der Waals surface area (Å²) < 4.78 is 27.6. The minimum Gasteiger partial charge on any atom is -0.376 e. The molecule has 0 unspecified atom stereocenters. The van der Waals surface area contributed by atoms with E-state index in [4.69, 9.17) is 0 Å². The van der Waals surface area contributed by atoms with Crippen LogP contribution in [-0.2, 0) is 14.8 Å². The summed E-state index contributed by atoms with van der Waals surface area (Å²) in [5.74, 6) is -0.0343. The lowest BCUT2D eigenvalue weighted by Crippen LogP contribution is -2.38. The van der Waals surface area contributed by atoms with Gasteiger partial charge in [-0.2, -0.15) is 4.31 Å². The first-order chi connectivity index (χ1) is 13.5. The molecule has 1 aliphatic heterocycles. The van der Waals surface area contributed by atoms with Crippen molar-refractivity contribution in [1.29, 1.82) is 0 Å². The van der Waals surface area contributed by atoms with Crippen molar-refractivity contribution in [3.05, 3.63) is 23.8 Å². The van der Waals surface area contributed by atoms with Gasteiger partial charge in [0.25, 0.3) is 0 Å². The minimum atomic E-state index is -3.49. The molecule has 1 aromatic carbocycles. The quantitative estimate of drug-likeness (QED) is 0.708. The second-order valence-corrected chi connectivity index (χ2v) is 9.96. The molecule has 0 aromatic heterocycles. The fourth-order valence-corrected chi connectivity index (χ4v) is 5.88. The van der Waals surface area contributed by atoms with Gasteiger partial charge in [0.05, 0.1) is 11.4 Å². The summed E-state index contributed by atoms with van der Waals surface area (Å²) in [6.07, 6.45) is 9.87. The van der Waals surface area contributed by atoms with E-state index in [0.717, 1.165) is 37.7 Å². The van der Waals surface area contributed by atoms with Gasteiger partial charge in [0.15, 0.2) is 0 Å². The van der Waals surface area contributed by atoms with Gasteiger partial charge in [-0.1, -0.05) is 38.2 Å².